The van der Waals surface area contributed by atoms with Crippen LogP contribution in [0.25, 0.3) is 11.4 Å². The smallest absolute Gasteiger partial charge is 0.332 e. The Bertz CT molecular complexity index is 1260. The maximum Gasteiger partial charge on any atom is 0.332 e. The Kier molecular flexibility index (Phi) is 8.46. The summed E-state index contributed by atoms with van der Waals surface area (Å²) in [6.07, 6.45) is 1.96. The number of rotatable bonds is 10. The Labute approximate surface area is 234 Å². The first-order chi connectivity index (χ1) is 19.0. The van der Waals surface area contributed by atoms with Gasteiger partial charge >= 0.3 is 11.9 Å². The molecule has 0 bridgehead atoms. The summed E-state index contributed by atoms with van der Waals surface area (Å²) in [5.74, 6) is -2.22. The van der Waals surface area contributed by atoms with E-state index in [1.807, 2.05) is 30.3 Å². The number of aromatic nitrogens is 2. The van der Waals surface area contributed by atoms with E-state index in [1.54, 1.807) is 39.8 Å². The number of nitrogens with zero attached hydrogens (tertiary/aromatic N) is 2. The minimum absolute atomic E-state index is 0.188. The van der Waals surface area contributed by atoms with E-state index in [9.17, 15) is 14.4 Å². The molecule has 4 rings (SSSR count). The van der Waals surface area contributed by atoms with Crippen LogP contribution in [0.1, 0.15) is 47.0 Å². The van der Waals surface area contributed by atoms with Gasteiger partial charge < -0.3 is 24.3 Å². The molecular weight excluding hydrogens is 514 g/mol. The molecule has 0 aliphatic heterocycles. The second kappa shape index (κ2) is 11.7. The monoisotopic (exact) mass is 551 g/mol. The highest BCUT2D eigenvalue weighted by Gasteiger charge is 2.62. The van der Waals surface area contributed by atoms with Crippen LogP contribution in [-0.2, 0) is 23.9 Å². The Hall–Kier alpha value is -3.95. The first-order valence-corrected chi connectivity index (χ1v) is 13.5. The number of benzene rings is 1. The zero-order valence-electron chi connectivity index (χ0n) is 23.6. The molecule has 0 spiro atoms. The third kappa shape index (κ3) is 6.43. The lowest BCUT2D eigenvalue weighted by Crippen LogP contribution is -2.49. The van der Waals surface area contributed by atoms with Gasteiger partial charge in [-0.1, -0.05) is 36.4 Å². The predicted octanol–water partition coefficient (Wildman–Crippen LogP) is 3.89. The number of amides is 1. The molecule has 0 radical (unpaired) electrons. The summed E-state index contributed by atoms with van der Waals surface area (Å²) >= 11 is 0. The maximum absolute atomic E-state index is 13.6. The second-order valence-electron chi connectivity index (χ2n) is 11.1. The molecule has 1 aromatic heterocycles. The van der Waals surface area contributed by atoms with Gasteiger partial charge in [0.1, 0.15) is 17.2 Å². The summed E-state index contributed by atoms with van der Waals surface area (Å²) in [5.41, 5.74) is -1.12. The lowest BCUT2D eigenvalue weighted by Gasteiger charge is -2.25. The number of esters is 2. The number of hydrogen-bond acceptors (Lipinski definition) is 9. The minimum Gasteiger partial charge on any atom is -0.481 e. The van der Waals surface area contributed by atoms with Crippen molar-refractivity contribution in [3.8, 4) is 23.1 Å². The SMILES string of the molecule is C=C[C@@H]1C[C@]1(NC(=O)[C@@H]1C[C@@H](Oc2cc(OC)nc(-c3ccccc3)n2)C[C@H]1C(=O)OC(C)(C)C)C(=O)OCC. The molecule has 10 nitrogen and oxygen atoms in total. The molecule has 1 heterocycles. The zero-order valence-corrected chi connectivity index (χ0v) is 23.6. The van der Waals surface area contributed by atoms with E-state index in [-0.39, 0.29) is 31.2 Å². The summed E-state index contributed by atoms with van der Waals surface area (Å²) in [6.45, 7) is 11.0. The molecule has 0 saturated heterocycles. The predicted molar refractivity (Wildman–Crippen MR) is 146 cm³/mol. The van der Waals surface area contributed by atoms with E-state index >= 15 is 0 Å². The second-order valence-corrected chi connectivity index (χ2v) is 11.1. The summed E-state index contributed by atoms with van der Waals surface area (Å²) in [7, 11) is 1.50. The summed E-state index contributed by atoms with van der Waals surface area (Å²) < 4.78 is 22.5. The molecule has 1 aromatic carbocycles. The van der Waals surface area contributed by atoms with Crippen molar-refractivity contribution in [1.29, 1.82) is 0 Å². The highest BCUT2D eigenvalue weighted by Crippen LogP contribution is 2.46. The van der Waals surface area contributed by atoms with Crippen molar-refractivity contribution in [2.24, 2.45) is 17.8 Å². The van der Waals surface area contributed by atoms with Crippen LogP contribution in [0.4, 0.5) is 0 Å². The molecular formula is C30H37N3O7. The van der Waals surface area contributed by atoms with Crippen LogP contribution in [-0.4, -0.2) is 58.8 Å². The molecule has 2 aromatic rings. The molecule has 214 valence electrons. The number of carbonyl (C=O) groups is 3. The zero-order chi connectivity index (χ0) is 29.1. The molecule has 2 fully saturated rings. The van der Waals surface area contributed by atoms with E-state index in [0.29, 0.717) is 18.1 Å². The van der Waals surface area contributed by atoms with E-state index in [4.69, 9.17) is 18.9 Å². The van der Waals surface area contributed by atoms with Gasteiger partial charge in [0.2, 0.25) is 17.7 Å². The first kappa shape index (κ1) is 29.0. The van der Waals surface area contributed by atoms with Crippen molar-refractivity contribution in [2.75, 3.05) is 13.7 Å². The maximum atomic E-state index is 13.6. The van der Waals surface area contributed by atoms with Gasteiger partial charge in [0.15, 0.2) is 5.82 Å². The Balaban J connectivity index is 1.57. The van der Waals surface area contributed by atoms with Gasteiger partial charge in [-0.25, -0.2) is 4.79 Å². The quantitative estimate of drug-likeness (QED) is 0.346. The van der Waals surface area contributed by atoms with E-state index in [1.165, 1.54) is 7.11 Å². The van der Waals surface area contributed by atoms with Crippen molar-refractivity contribution in [1.82, 2.24) is 15.3 Å². The van der Waals surface area contributed by atoms with Crippen LogP contribution >= 0.6 is 0 Å². The van der Waals surface area contributed by atoms with Crippen LogP contribution in [0.2, 0.25) is 0 Å². The highest BCUT2D eigenvalue weighted by molar-refractivity contribution is 5.94. The average Bonchev–Trinajstić information content (AvgIpc) is 3.47. The van der Waals surface area contributed by atoms with Crippen molar-refractivity contribution < 1.29 is 33.3 Å². The number of ether oxygens (including phenoxy) is 4. The molecule has 1 N–H and O–H groups in total. The molecule has 1 amide bonds. The van der Waals surface area contributed by atoms with Gasteiger partial charge in [-0.05, 0) is 47.0 Å². The molecule has 0 unspecified atom stereocenters. The lowest BCUT2D eigenvalue weighted by atomic mass is 9.94. The summed E-state index contributed by atoms with van der Waals surface area (Å²) in [6, 6.07) is 11.0. The van der Waals surface area contributed by atoms with Crippen LogP contribution in [0, 0.1) is 17.8 Å². The van der Waals surface area contributed by atoms with Crippen LogP contribution in [0.15, 0.2) is 49.1 Å². The fraction of sp³-hybridized carbons (Fsp3) is 0.500. The van der Waals surface area contributed by atoms with Crippen molar-refractivity contribution in [3.05, 3.63) is 49.1 Å². The standard InChI is InChI=1S/C30H37N3O7/c1-7-19-17-30(19,28(36)38-8-2)33-26(34)21-14-20(15-22(21)27(35)40-29(3,4)5)39-24-16-23(37-6)31-25(32-24)18-12-10-9-11-13-18/h7,9-13,16,19-22H,1,8,14-15,17H2,2-6H3,(H,33,34)/t19-,20-,21-,22-,30-/m1/s1. The fourth-order valence-electron chi connectivity index (χ4n) is 5.05. The normalized spacial score (nSPS) is 25.4. The molecule has 2 aliphatic rings. The van der Waals surface area contributed by atoms with Gasteiger partial charge in [0.05, 0.1) is 31.6 Å². The molecule has 2 aliphatic carbocycles. The van der Waals surface area contributed by atoms with Crippen LogP contribution < -0.4 is 14.8 Å². The Morgan fingerprint density at radius 3 is 2.38 bits per heavy atom. The van der Waals surface area contributed by atoms with Gasteiger partial charge in [0.25, 0.3) is 0 Å². The van der Waals surface area contributed by atoms with E-state index < -0.39 is 46.9 Å². The lowest BCUT2D eigenvalue weighted by molar-refractivity contribution is -0.163. The number of carbonyl (C=O) groups excluding carboxylic acids is 3. The van der Waals surface area contributed by atoms with Gasteiger partial charge in [0, 0.05) is 11.5 Å². The average molecular weight is 552 g/mol. The Morgan fingerprint density at radius 1 is 1.10 bits per heavy atom. The molecule has 5 atom stereocenters. The third-order valence-electron chi connectivity index (χ3n) is 7.06. The molecule has 2 saturated carbocycles. The van der Waals surface area contributed by atoms with Crippen LogP contribution in [0.5, 0.6) is 11.8 Å². The number of hydrogen-bond donors (Lipinski definition) is 1. The number of methoxy groups -OCH3 is 1. The topological polar surface area (TPSA) is 126 Å². The first-order valence-electron chi connectivity index (χ1n) is 13.5. The van der Waals surface area contributed by atoms with Crippen molar-refractivity contribution in [3.63, 3.8) is 0 Å². The van der Waals surface area contributed by atoms with E-state index in [2.05, 4.69) is 21.9 Å². The summed E-state index contributed by atoms with van der Waals surface area (Å²) in [4.78, 5) is 48.6. The van der Waals surface area contributed by atoms with Crippen LogP contribution in [0.3, 0.4) is 0 Å². The molecule has 40 heavy (non-hydrogen) atoms. The Morgan fingerprint density at radius 2 is 1.77 bits per heavy atom. The van der Waals surface area contributed by atoms with Crippen molar-refractivity contribution in [2.45, 2.75) is 64.2 Å². The van der Waals surface area contributed by atoms with Gasteiger partial charge in [-0.15, -0.1) is 6.58 Å². The highest BCUT2D eigenvalue weighted by atomic mass is 16.6. The van der Waals surface area contributed by atoms with Gasteiger partial charge in [-0.3, -0.25) is 9.59 Å². The van der Waals surface area contributed by atoms with Crippen molar-refractivity contribution >= 4 is 17.8 Å². The largest absolute Gasteiger partial charge is 0.481 e. The minimum atomic E-state index is -1.17. The van der Waals surface area contributed by atoms with E-state index in [0.717, 1.165) is 5.56 Å². The summed E-state index contributed by atoms with van der Waals surface area (Å²) in [5, 5.41) is 2.88. The number of nitrogens with one attached hydrogen (secondary N) is 1. The third-order valence-corrected chi connectivity index (χ3v) is 7.06. The fourth-order valence-corrected chi connectivity index (χ4v) is 5.05. The molecule has 10 heteroatoms. The van der Waals surface area contributed by atoms with Gasteiger partial charge in [-0.2, -0.15) is 9.97 Å².